The molecule has 5 heteroatoms. The van der Waals surface area contributed by atoms with Crippen molar-refractivity contribution >= 4 is 11.6 Å². The molecule has 0 radical (unpaired) electrons. The maximum atomic E-state index is 11.6. The van der Waals surface area contributed by atoms with E-state index in [1.54, 1.807) is 13.2 Å². The van der Waals surface area contributed by atoms with Crippen LogP contribution in [0.4, 0.5) is 5.69 Å². The Morgan fingerprint density at radius 3 is 2.68 bits per heavy atom. The Kier molecular flexibility index (Phi) is 5.68. The van der Waals surface area contributed by atoms with Gasteiger partial charge in [0, 0.05) is 6.04 Å². The van der Waals surface area contributed by atoms with Crippen LogP contribution in [-0.4, -0.2) is 25.1 Å². The van der Waals surface area contributed by atoms with E-state index in [0.29, 0.717) is 11.4 Å². The molecule has 0 saturated carbocycles. The summed E-state index contributed by atoms with van der Waals surface area (Å²) in [4.78, 5) is 11.6. The standard InChI is InChI=1S/C14H19N3O2/c1-10(2)16-14(18)8-11(9-15)17-12-6-4-5-7-13(12)19-3/h4-7,10-11,17H,8H2,1-3H3,(H,16,18). The first-order valence-corrected chi connectivity index (χ1v) is 6.15. The molecule has 0 bridgehead atoms. The second-order valence-corrected chi connectivity index (χ2v) is 4.45. The van der Waals surface area contributed by atoms with Gasteiger partial charge >= 0.3 is 0 Å². The molecule has 1 amide bonds. The van der Waals surface area contributed by atoms with Gasteiger partial charge < -0.3 is 15.4 Å². The summed E-state index contributed by atoms with van der Waals surface area (Å²) in [5.74, 6) is 0.496. The van der Waals surface area contributed by atoms with Crippen molar-refractivity contribution < 1.29 is 9.53 Å². The number of methoxy groups -OCH3 is 1. The minimum atomic E-state index is -0.588. The lowest BCUT2D eigenvalue weighted by molar-refractivity contribution is -0.121. The van der Waals surface area contributed by atoms with Crippen molar-refractivity contribution in [3.05, 3.63) is 24.3 Å². The highest BCUT2D eigenvalue weighted by molar-refractivity contribution is 5.78. The predicted octanol–water partition coefficient (Wildman–Crippen LogP) is 1.91. The van der Waals surface area contributed by atoms with Crippen LogP contribution < -0.4 is 15.4 Å². The van der Waals surface area contributed by atoms with E-state index in [2.05, 4.69) is 16.7 Å². The summed E-state index contributed by atoms with van der Waals surface area (Å²) < 4.78 is 5.19. The summed E-state index contributed by atoms with van der Waals surface area (Å²) in [7, 11) is 1.56. The zero-order chi connectivity index (χ0) is 14.3. The number of para-hydroxylation sites is 2. The van der Waals surface area contributed by atoms with E-state index in [-0.39, 0.29) is 18.4 Å². The summed E-state index contributed by atoms with van der Waals surface area (Å²) in [5, 5.41) is 14.9. The molecule has 1 unspecified atom stereocenters. The number of rotatable bonds is 6. The first-order chi connectivity index (χ1) is 9.06. The van der Waals surface area contributed by atoms with Crippen LogP contribution in [0, 0.1) is 11.3 Å². The molecular weight excluding hydrogens is 242 g/mol. The second-order valence-electron chi connectivity index (χ2n) is 4.45. The van der Waals surface area contributed by atoms with E-state index in [1.807, 2.05) is 32.0 Å². The monoisotopic (exact) mass is 261 g/mol. The fraction of sp³-hybridized carbons (Fsp3) is 0.429. The van der Waals surface area contributed by atoms with E-state index in [4.69, 9.17) is 10.00 Å². The van der Waals surface area contributed by atoms with Crippen LogP contribution >= 0.6 is 0 Å². The van der Waals surface area contributed by atoms with Crippen LogP contribution in [0.25, 0.3) is 0 Å². The van der Waals surface area contributed by atoms with Crippen LogP contribution in [0.1, 0.15) is 20.3 Å². The minimum Gasteiger partial charge on any atom is -0.495 e. The van der Waals surface area contributed by atoms with Gasteiger partial charge in [-0.05, 0) is 26.0 Å². The molecule has 1 rings (SSSR count). The number of carbonyl (C=O) groups excluding carboxylic acids is 1. The number of ether oxygens (including phenoxy) is 1. The molecule has 1 aromatic carbocycles. The number of nitriles is 1. The van der Waals surface area contributed by atoms with Crippen LogP contribution in [0.3, 0.4) is 0 Å². The third-order valence-corrected chi connectivity index (χ3v) is 2.43. The lowest BCUT2D eigenvalue weighted by Crippen LogP contribution is -2.34. The topological polar surface area (TPSA) is 74.1 Å². The van der Waals surface area contributed by atoms with Gasteiger partial charge in [-0.2, -0.15) is 5.26 Å². The Morgan fingerprint density at radius 2 is 2.11 bits per heavy atom. The van der Waals surface area contributed by atoms with Crippen LogP contribution in [0.5, 0.6) is 5.75 Å². The summed E-state index contributed by atoms with van der Waals surface area (Å²) >= 11 is 0. The van der Waals surface area contributed by atoms with Gasteiger partial charge in [-0.15, -0.1) is 0 Å². The van der Waals surface area contributed by atoms with Gasteiger partial charge in [-0.1, -0.05) is 12.1 Å². The number of benzene rings is 1. The van der Waals surface area contributed by atoms with Crippen molar-refractivity contribution in [3.8, 4) is 11.8 Å². The number of anilines is 1. The summed E-state index contributed by atoms with van der Waals surface area (Å²) in [6.07, 6.45) is 0.104. The Balaban J connectivity index is 2.67. The SMILES string of the molecule is COc1ccccc1NC(C#N)CC(=O)NC(C)C. The van der Waals surface area contributed by atoms with Crippen molar-refractivity contribution in [2.45, 2.75) is 32.4 Å². The van der Waals surface area contributed by atoms with Crippen LogP contribution in [0.15, 0.2) is 24.3 Å². The van der Waals surface area contributed by atoms with Crippen LogP contribution in [-0.2, 0) is 4.79 Å². The van der Waals surface area contributed by atoms with Gasteiger partial charge in [0.05, 0.1) is 25.3 Å². The second kappa shape index (κ2) is 7.27. The van der Waals surface area contributed by atoms with Gasteiger partial charge in [0.25, 0.3) is 0 Å². The Morgan fingerprint density at radius 1 is 1.42 bits per heavy atom. The van der Waals surface area contributed by atoms with Crippen LogP contribution in [0.2, 0.25) is 0 Å². The maximum Gasteiger partial charge on any atom is 0.223 e. The number of carbonyl (C=O) groups is 1. The summed E-state index contributed by atoms with van der Waals surface area (Å²) in [6, 6.07) is 8.85. The Bertz CT molecular complexity index is 466. The smallest absolute Gasteiger partial charge is 0.223 e. The Hall–Kier alpha value is -2.22. The van der Waals surface area contributed by atoms with Crippen molar-refractivity contribution in [1.29, 1.82) is 5.26 Å². The molecule has 0 aliphatic carbocycles. The molecule has 5 nitrogen and oxygen atoms in total. The third-order valence-electron chi connectivity index (χ3n) is 2.43. The lowest BCUT2D eigenvalue weighted by atomic mass is 10.2. The van der Waals surface area contributed by atoms with E-state index < -0.39 is 6.04 Å². The quantitative estimate of drug-likeness (QED) is 0.820. The first kappa shape index (κ1) is 14.8. The number of nitrogens with zero attached hydrogens (tertiary/aromatic N) is 1. The average molecular weight is 261 g/mol. The summed E-state index contributed by atoms with van der Waals surface area (Å²) in [5.41, 5.74) is 0.703. The molecule has 0 fully saturated rings. The number of hydrogen-bond donors (Lipinski definition) is 2. The predicted molar refractivity (Wildman–Crippen MR) is 73.9 cm³/mol. The highest BCUT2D eigenvalue weighted by atomic mass is 16.5. The average Bonchev–Trinajstić information content (AvgIpc) is 2.37. The highest BCUT2D eigenvalue weighted by Gasteiger charge is 2.15. The lowest BCUT2D eigenvalue weighted by Gasteiger charge is -2.16. The van der Waals surface area contributed by atoms with E-state index in [1.165, 1.54) is 0 Å². The van der Waals surface area contributed by atoms with Crippen molar-refractivity contribution in [3.63, 3.8) is 0 Å². The summed E-state index contributed by atoms with van der Waals surface area (Å²) in [6.45, 7) is 3.76. The fourth-order valence-electron chi connectivity index (χ4n) is 1.65. The Labute approximate surface area is 113 Å². The van der Waals surface area contributed by atoms with Gasteiger partial charge in [0.2, 0.25) is 5.91 Å². The molecule has 0 aliphatic rings. The molecule has 0 spiro atoms. The molecule has 102 valence electrons. The molecule has 0 saturated heterocycles. The largest absolute Gasteiger partial charge is 0.495 e. The first-order valence-electron chi connectivity index (χ1n) is 6.15. The van der Waals surface area contributed by atoms with Crippen molar-refractivity contribution in [2.75, 3.05) is 12.4 Å². The number of nitrogens with one attached hydrogen (secondary N) is 2. The molecule has 0 aliphatic heterocycles. The van der Waals surface area contributed by atoms with Gasteiger partial charge in [0.1, 0.15) is 11.8 Å². The van der Waals surface area contributed by atoms with Gasteiger partial charge in [-0.25, -0.2) is 0 Å². The van der Waals surface area contributed by atoms with Gasteiger partial charge in [-0.3, -0.25) is 4.79 Å². The number of hydrogen-bond acceptors (Lipinski definition) is 4. The van der Waals surface area contributed by atoms with Gasteiger partial charge in [0.15, 0.2) is 0 Å². The molecule has 1 aromatic rings. The minimum absolute atomic E-state index is 0.0677. The highest BCUT2D eigenvalue weighted by Crippen LogP contribution is 2.24. The molecule has 2 N–H and O–H groups in total. The maximum absolute atomic E-state index is 11.6. The van der Waals surface area contributed by atoms with E-state index in [9.17, 15) is 4.79 Å². The normalized spacial score (nSPS) is 11.5. The van der Waals surface area contributed by atoms with Crippen molar-refractivity contribution in [1.82, 2.24) is 5.32 Å². The molecule has 1 atom stereocenters. The zero-order valence-corrected chi connectivity index (χ0v) is 11.4. The fourth-order valence-corrected chi connectivity index (χ4v) is 1.65. The molecular formula is C14H19N3O2. The molecule has 0 aromatic heterocycles. The zero-order valence-electron chi connectivity index (χ0n) is 11.4. The van der Waals surface area contributed by atoms with E-state index >= 15 is 0 Å². The molecule has 0 heterocycles. The third kappa shape index (κ3) is 4.88. The number of amides is 1. The molecule has 19 heavy (non-hydrogen) atoms. The van der Waals surface area contributed by atoms with Crippen molar-refractivity contribution in [2.24, 2.45) is 0 Å². The van der Waals surface area contributed by atoms with E-state index in [0.717, 1.165) is 0 Å².